The molecule has 1 heterocycles. The summed E-state index contributed by atoms with van der Waals surface area (Å²) in [5.41, 5.74) is 0.492. The summed E-state index contributed by atoms with van der Waals surface area (Å²) >= 11 is 0. The first-order chi connectivity index (χ1) is 8.38. The highest BCUT2D eigenvalue weighted by Crippen LogP contribution is 2.27. The normalized spacial score (nSPS) is 19.6. The second-order valence-electron chi connectivity index (χ2n) is 3.91. The molecule has 2 rings (SSSR count). The number of carboxylic acids is 1. The van der Waals surface area contributed by atoms with Gasteiger partial charge in [0.05, 0.1) is 5.56 Å². The Morgan fingerprint density at radius 3 is 2.78 bits per heavy atom. The number of ether oxygens (including phenoxy) is 1. The first-order valence-electron chi connectivity index (χ1n) is 5.17. The number of alkyl halides is 3. The summed E-state index contributed by atoms with van der Waals surface area (Å²) in [6.07, 6.45) is -4.39. The van der Waals surface area contributed by atoms with Gasteiger partial charge in [0, 0.05) is 12.1 Å². The van der Waals surface area contributed by atoms with Gasteiger partial charge in [0.15, 0.2) is 0 Å². The first kappa shape index (κ1) is 12.7. The fourth-order valence-electron chi connectivity index (χ4n) is 1.64. The molecule has 0 saturated carbocycles. The molecular formula is C11H10F3NO3. The zero-order valence-electron chi connectivity index (χ0n) is 9.12. The Balaban J connectivity index is 2.23. The minimum absolute atomic E-state index is 0.0145. The van der Waals surface area contributed by atoms with Gasteiger partial charge in [-0.05, 0) is 12.1 Å². The van der Waals surface area contributed by atoms with Gasteiger partial charge in [-0.2, -0.15) is 13.2 Å². The van der Waals surface area contributed by atoms with E-state index in [0.717, 1.165) is 0 Å². The number of nitrogens with one attached hydrogen (secondary N) is 1. The van der Waals surface area contributed by atoms with Crippen LogP contribution in [0.1, 0.15) is 15.9 Å². The van der Waals surface area contributed by atoms with Crippen molar-refractivity contribution in [2.24, 2.45) is 0 Å². The maximum atomic E-state index is 12.5. The molecule has 0 spiro atoms. The standard InChI is InChI=1S/C11H10F3NO3/c12-11(13,14)9-5-18-8-3-6(10(16)17)1-2-7(8)4-15-9/h1-3,9,15H,4-5H2,(H,16,17)/t9-/m1/s1. The van der Waals surface area contributed by atoms with E-state index in [4.69, 9.17) is 9.84 Å². The van der Waals surface area contributed by atoms with Crippen molar-refractivity contribution in [3.63, 3.8) is 0 Å². The highest BCUT2D eigenvalue weighted by atomic mass is 19.4. The van der Waals surface area contributed by atoms with Gasteiger partial charge in [0.1, 0.15) is 18.4 Å². The summed E-state index contributed by atoms with van der Waals surface area (Å²) in [4.78, 5) is 10.7. The highest BCUT2D eigenvalue weighted by molar-refractivity contribution is 5.88. The predicted molar refractivity (Wildman–Crippen MR) is 55.6 cm³/mol. The number of rotatable bonds is 1. The molecule has 18 heavy (non-hydrogen) atoms. The molecule has 7 heteroatoms. The number of halogens is 3. The van der Waals surface area contributed by atoms with Gasteiger partial charge in [0.25, 0.3) is 0 Å². The summed E-state index contributed by atoms with van der Waals surface area (Å²) in [6, 6.07) is 2.26. The van der Waals surface area contributed by atoms with Gasteiger partial charge >= 0.3 is 12.1 Å². The monoisotopic (exact) mass is 261 g/mol. The van der Waals surface area contributed by atoms with E-state index in [9.17, 15) is 18.0 Å². The summed E-state index contributed by atoms with van der Waals surface area (Å²) in [7, 11) is 0. The molecule has 0 fully saturated rings. The van der Waals surface area contributed by atoms with Gasteiger partial charge in [0.2, 0.25) is 0 Å². The van der Waals surface area contributed by atoms with Crippen molar-refractivity contribution >= 4 is 5.97 Å². The van der Waals surface area contributed by atoms with Gasteiger partial charge in [-0.1, -0.05) is 6.07 Å². The SMILES string of the molecule is O=C(O)c1ccc2c(c1)OC[C@H](C(F)(F)F)NC2. The molecule has 1 aromatic carbocycles. The average molecular weight is 261 g/mol. The smallest absolute Gasteiger partial charge is 0.407 e. The van der Waals surface area contributed by atoms with Crippen LogP contribution in [0.25, 0.3) is 0 Å². The van der Waals surface area contributed by atoms with Gasteiger partial charge in [-0.15, -0.1) is 0 Å². The van der Waals surface area contributed by atoms with Gasteiger partial charge in [-0.25, -0.2) is 4.79 Å². The van der Waals surface area contributed by atoms with Crippen LogP contribution in [0.2, 0.25) is 0 Å². The molecule has 1 atom stereocenters. The number of hydrogen-bond donors (Lipinski definition) is 2. The molecule has 98 valence electrons. The topological polar surface area (TPSA) is 58.6 Å². The lowest BCUT2D eigenvalue weighted by molar-refractivity contribution is -0.161. The minimum atomic E-state index is -4.39. The van der Waals surface area contributed by atoms with Crippen LogP contribution in [0.5, 0.6) is 5.75 Å². The number of carbonyl (C=O) groups is 1. The Kier molecular flexibility index (Phi) is 3.16. The van der Waals surface area contributed by atoms with E-state index < -0.39 is 24.8 Å². The van der Waals surface area contributed by atoms with Crippen LogP contribution in [0, 0.1) is 0 Å². The van der Waals surface area contributed by atoms with Gasteiger partial charge < -0.3 is 9.84 Å². The Hall–Kier alpha value is -1.76. The van der Waals surface area contributed by atoms with E-state index in [0.29, 0.717) is 5.56 Å². The Labute approximate surface area is 100 Å². The van der Waals surface area contributed by atoms with Crippen LogP contribution in [0.4, 0.5) is 13.2 Å². The van der Waals surface area contributed by atoms with Crippen LogP contribution in [0.3, 0.4) is 0 Å². The lowest BCUT2D eigenvalue weighted by Crippen LogP contribution is -2.44. The van der Waals surface area contributed by atoms with Crippen molar-refractivity contribution in [2.75, 3.05) is 6.61 Å². The highest BCUT2D eigenvalue weighted by Gasteiger charge is 2.41. The van der Waals surface area contributed by atoms with Crippen LogP contribution in [-0.2, 0) is 6.54 Å². The number of hydrogen-bond acceptors (Lipinski definition) is 3. The van der Waals surface area contributed by atoms with Crippen LogP contribution >= 0.6 is 0 Å². The summed E-state index contributed by atoms with van der Waals surface area (Å²) in [5, 5.41) is 11.1. The van der Waals surface area contributed by atoms with E-state index in [1.165, 1.54) is 18.2 Å². The molecule has 0 aromatic heterocycles. The lowest BCUT2D eigenvalue weighted by Gasteiger charge is -2.18. The van der Waals surface area contributed by atoms with Crippen LogP contribution in [0.15, 0.2) is 18.2 Å². The molecule has 2 N–H and O–H groups in total. The third kappa shape index (κ3) is 2.56. The largest absolute Gasteiger partial charge is 0.491 e. The fourth-order valence-corrected chi connectivity index (χ4v) is 1.64. The number of aromatic carboxylic acids is 1. The molecule has 0 aliphatic carbocycles. The minimum Gasteiger partial charge on any atom is -0.491 e. The molecule has 1 aromatic rings. The molecule has 4 nitrogen and oxygen atoms in total. The summed E-state index contributed by atoms with van der Waals surface area (Å²) in [6.45, 7) is -0.584. The maximum absolute atomic E-state index is 12.5. The zero-order chi connectivity index (χ0) is 13.3. The van der Waals surface area contributed by atoms with Gasteiger partial charge in [-0.3, -0.25) is 5.32 Å². The first-order valence-corrected chi connectivity index (χ1v) is 5.17. The van der Waals surface area contributed by atoms with Crippen molar-refractivity contribution < 1.29 is 27.8 Å². The van der Waals surface area contributed by atoms with Crippen molar-refractivity contribution in [2.45, 2.75) is 18.8 Å². The second-order valence-corrected chi connectivity index (χ2v) is 3.91. The Morgan fingerprint density at radius 1 is 1.44 bits per heavy atom. The molecule has 1 aliphatic heterocycles. The van der Waals surface area contributed by atoms with E-state index in [1.807, 2.05) is 0 Å². The summed E-state index contributed by atoms with van der Waals surface area (Å²) < 4.78 is 42.6. The Bertz CT molecular complexity index is 473. The van der Waals surface area contributed by atoms with E-state index in [-0.39, 0.29) is 17.9 Å². The molecular weight excluding hydrogens is 251 g/mol. The van der Waals surface area contributed by atoms with Crippen molar-refractivity contribution in [1.29, 1.82) is 0 Å². The van der Waals surface area contributed by atoms with E-state index >= 15 is 0 Å². The molecule has 0 radical (unpaired) electrons. The third-order valence-electron chi connectivity index (χ3n) is 2.65. The fraction of sp³-hybridized carbons (Fsp3) is 0.364. The molecule has 0 saturated heterocycles. The van der Waals surface area contributed by atoms with Crippen molar-refractivity contribution in [3.05, 3.63) is 29.3 Å². The molecule has 0 bridgehead atoms. The van der Waals surface area contributed by atoms with Crippen molar-refractivity contribution in [3.8, 4) is 5.75 Å². The van der Waals surface area contributed by atoms with Crippen LogP contribution < -0.4 is 10.1 Å². The molecule has 0 unspecified atom stereocenters. The summed E-state index contributed by atoms with van der Waals surface area (Å²) in [5.74, 6) is -0.972. The van der Waals surface area contributed by atoms with E-state index in [2.05, 4.69) is 5.32 Å². The van der Waals surface area contributed by atoms with Crippen LogP contribution in [-0.4, -0.2) is 29.9 Å². The lowest BCUT2D eigenvalue weighted by atomic mass is 10.1. The quantitative estimate of drug-likeness (QED) is 0.809. The van der Waals surface area contributed by atoms with E-state index in [1.54, 1.807) is 0 Å². The second kappa shape index (κ2) is 4.49. The zero-order valence-corrected chi connectivity index (χ0v) is 9.12. The molecule has 0 amide bonds. The number of fused-ring (bicyclic) bond motifs is 1. The number of carboxylic acid groups (broad SMARTS) is 1. The average Bonchev–Trinajstić information content (AvgIpc) is 2.49. The number of benzene rings is 1. The molecule has 1 aliphatic rings. The predicted octanol–water partition coefficient (Wildman–Crippen LogP) is 1.80. The van der Waals surface area contributed by atoms with Crippen molar-refractivity contribution in [1.82, 2.24) is 5.32 Å². The maximum Gasteiger partial charge on any atom is 0.407 e. The Morgan fingerprint density at radius 2 is 2.17 bits per heavy atom. The third-order valence-corrected chi connectivity index (χ3v) is 2.65.